The van der Waals surface area contributed by atoms with Gasteiger partial charge in [-0.2, -0.15) is 0 Å². The molecule has 3 nitrogen and oxygen atoms in total. The Balaban J connectivity index is 1.99. The fraction of sp³-hybridized carbons (Fsp3) is 0.562. The van der Waals surface area contributed by atoms with Crippen LogP contribution in [0, 0.1) is 5.41 Å². The summed E-state index contributed by atoms with van der Waals surface area (Å²) in [6.45, 7) is 2.70. The summed E-state index contributed by atoms with van der Waals surface area (Å²) in [4.78, 5) is 14.0. The first-order valence-corrected chi connectivity index (χ1v) is 7.75. The Morgan fingerprint density at radius 3 is 2.65 bits per heavy atom. The van der Waals surface area contributed by atoms with E-state index in [1.807, 2.05) is 18.2 Å². The predicted octanol–water partition coefficient (Wildman–Crippen LogP) is 3.37. The molecule has 1 aromatic carbocycles. The lowest BCUT2D eigenvalue weighted by Gasteiger charge is -2.27. The average Bonchev–Trinajstić information content (AvgIpc) is 2.64. The molecule has 1 aliphatic rings. The van der Waals surface area contributed by atoms with Crippen LogP contribution in [0.1, 0.15) is 31.2 Å². The van der Waals surface area contributed by atoms with Crippen LogP contribution >= 0.6 is 11.6 Å². The highest BCUT2D eigenvalue weighted by Gasteiger charge is 2.39. The van der Waals surface area contributed by atoms with Crippen LogP contribution in [0.4, 0.5) is 0 Å². The number of hydrogen-bond acceptors (Lipinski definition) is 2. The van der Waals surface area contributed by atoms with Crippen LogP contribution in [0.25, 0.3) is 0 Å². The Hall–Kier alpha value is -1.06. The second-order valence-electron chi connectivity index (χ2n) is 5.64. The number of likely N-dealkylation sites (tertiary alicyclic amines) is 1. The topological polar surface area (TPSA) is 40.5 Å². The molecule has 0 bridgehead atoms. The molecule has 1 saturated heterocycles. The highest BCUT2D eigenvalue weighted by molar-refractivity contribution is 6.18. The number of carboxylic acid groups (broad SMARTS) is 1. The van der Waals surface area contributed by atoms with Gasteiger partial charge < -0.3 is 5.11 Å². The fourth-order valence-corrected chi connectivity index (χ4v) is 3.36. The van der Waals surface area contributed by atoms with E-state index < -0.39 is 11.4 Å². The maximum atomic E-state index is 11.6. The number of carboxylic acids is 1. The van der Waals surface area contributed by atoms with Crippen molar-refractivity contribution in [3.8, 4) is 0 Å². The van der Waals surface area contributed by atoms with E-state index in [0.717, 1.165) is 32.5 Å². The second kappa shape index (κ2) is 7.09. The summed E-state index contributed by atoms with van der Waals surface area (Å²) in [5, 5.41) is 9.54. The molecule has 110 valence electrons. The van der Waals surface area contributed by atoms with Crippen molar-refractivity contribution in [2.75, 3.05) is 19.0 Å². The first kappa shape index (κ1) is 15.3. The summed E-state index contributed by atoms with van der Waals surface area (Å²) in [7, 11) is 0. The molecule has 1 heterocycles. The molecule has 0 amide bonds. The number of halogens is 1. The van der Waals surface area contributed by atoms with E-state index in [0.29, 0.717) is 18.7 Å². The Morgan fingerprint density at radius 2 is 2.00 bits per heavy atom. The zero-order valence-corrected chi connectivity index (χ0v) is 12.5. The van der Waals surface area contributed by atoms with Crippen molar-refractivity contribution < 1.29 is 9.90 Å². The van der Waals surface area contributed by atoms with E-state index in [9.17, 15) is 9.90 Å². The summed E-state index contributed by atoms with van der Waals surface area (Å²) >= 11 is 5.81. The standard InChI is InChI=1S/C16H22ClNO2/c17-10-8-16(15(19)20)7-4-11-18(12-9-16)13-14-5-2-1-3-6-14/h1-3,5-6H,4,7-13H2,(H,19,20). The van der Waals surface area contributed by atoms with Gasteiger partial charge in [0.1, 0.15) is 0 Å². The van der Waals surface area contributed by atoms with E-state index in [2.05, 4.69) is 17.0 Å². The monoisotopic (exact) mass is 295 g/mol. The van der Waals surface area contributed by atoms with E-state index in [-0.39, 0.29) is 0 Å². The highest BCUT2D eigenvalue weighted by atomic mass is 35.5. The van der Waals surface area contributed by atoms with Gasteiger partial charge in [-0.1, -0.05) is 30.3 Å². The molecule has 4 heteroatoms. The third-order valence-electron chi connectivity index (χ3n) is 4.31. The maximum Gasteiger partial charge on any atom is 0.309 e. The van der Waals surface area contributed by atoms with Gasteiger partial charge in [0.15, 0.2) is 0 Å². The number of rotatable bonds is 5. The van der Waals surface area contributed by atoms with Crippen LogP contribution < -0.4 is 0 Å². The molecule has 0 aliphatic carbocycles. The molecular formula is C16H22ClNO2. The Morgan fingerprint density at radius 1 is 1.25 bits per heavy atom. The van der Waals surface area contributed by atoms with Crippen molar-refractivity contribution in [1.29, 1.82) is 0 Å². The third-order valence-corrected chi connectivity index (χ3v) is 4.50. The molecule has 0 saturated carbocycles. The van der Waals surface area contributed by atoms with E-state index in [1.165, 1.54) is 5.56 Å². The summed E-state index contributed by atoms with van der Waals surface area (Å²) in [6.07, 6.45) is 2.93. The lowest BCUT2D eigenvalue weighted by Crippen LogP contribution is -2.33. The van der Waals surface area contributed by atoms with E-state index >= 15 is 0 Å². The lowest BCUT2D eigenvalue weighted by molar-refractivity contribution is -0.150. The smallest absolute Gasteiger partial charge is 0.309 e. The quantitative estimate of drug-likeness (QED) is 0.847. The van der Waals surface area contributed by atoms with Crippen molar-refractivity contribution >= 4 is 17.6 Å². The minimum absolute atomic E-state index is 0.422. The number of hydrogen-bond donors (Lipinski definition) is 1. The van der Waals surface area contributed by atoms with Gasteiger partial charge in [0.25, 0.3) is 0 Å². The minimum atomic E-state index is -0.681. The Kier molecular flexibility index (Phi) is 5.44. The van der Waals surface area contributed by atoms with Gasteiger partial charge in [-0.15, -0.1) is 11.6 Å². The van der Waals surface area contributed by atoms with Crippen LogP contribution in [0.15, 0.2) is 30.3 Å². The molecular weight excluding hydrogens is 274 g/mol. The first-order chi connectivity index (χ1) is 9.66. The molecule has 2 rings (SSSR count). The summed E-state index contributed by atoms with van der Waals surface area (Å²) in [5.41, 5.74) is 0.667. The number of aliphatic carboxylic acids is 1. The van der Waals surface area contributed by atoms with Crippen molar-refractivity contribution in [3.63, 3.8) is 0 Å². The number of nitrogens with zero attached hydrogens (tertiary/aromatic N) is 1. The van der Waals surface area contributed by atoms with Gasteiger partial charge in [-0.3, -0.25) is 9.69 Å². The zero-order chi connectivity index (χ0) is 14.4. The van der Waals surface area contributed by atoms with Gasteiger partial charge >= 0.3 is 5.97 Å². The number of carbonyl (C=O) groups is 1. The van der Waals surface area contributed by atoms with Crippen molar-refractivity contribution in [1.82, 2.24) is 4.90 Å². The zero-order valence-electron chi connectivity index (χ0n) is 11.7. The largest absolute Gasteiger partial charge is 0.481 e. The van der Waals surface area contributed by atoms with Crippen molar-refractivity contribution in [2.24, 2.45) is 5.41 Å². The molecule has 20 heavy (non-hydrogen) atoms. The van der Waals surface area contributed by atoms with E-state index in [1.54, 1.807) is 0 Å². The van der Waals surface area contributed by atoms with Crippen LogP contribution in [-0.2, 0) is 11.3 Å². The summed E-state index contributed by atoms with van der Waals surface area (Å²) in [6, 6.07) is 10.3. The van der Waals surface area contributed by atoms with Crippen molar-refractivity contribution in [3.05, 3.63) is 35.9 Å². The average molecular weight is 296 g/mol. The first-order valence-electron chi connectivity index (χ1n) is 7.22. The number of benzene rings is 1. The molecule has 1 aromatic rings. The van der Waals surface area contributed by atoms with Gasteiger partial charge in [-0.05, 0) is 44.3 Å². The van der Waals surface area contributed by atoms with Gasteiger partial charge in [-0.25, -0.2) is 0 Å². The third kappa shape index (κ3) is 3.74. The molecule has 0 radical (unpaired) electrons. The highest BCUT2D eigenvalue weighted by Crippen LogP contribution is 2.36. The van der Waals surface area contributed by atoms with Gasteiger partial charge in [0, 0.05) is 12.4 Å². The lowest BCUT2D eigenvalue weighted by atomic mass is 9.78. The Bertz CT molecular complexity index is 437. The molecule has 0 aromatic heterocycles. The molecule has 1 unspecified atom stereocenters. The van der Waals surface area contributed by atoms with Gasteiger partial charge in [0.05, 0.1) is 5.41 Å². The summed E-state index contributed by atoms with van der Waals surface area (Å²) < 4.78 is 0. The predicted molar refractivity (Wildman–Crippen MR) is 81.0 cm³/mol. The number of alkyl halides is 1. The normalized spacial score (nSPS) is 24.2. The SMILES string of the molecule is O=C(O)C1(CCCl)CCCN(Cc2ccccc2)CC1. The van der Waals surface area contributed by atoms with Crippen LogP contribution in [0.5, 0.6) is 0 Å². The molecule has 0 spiro atoms. The summed E-state index contributed by atoms with van der Waals surface area (Å²) in [5.74, 6) is -0.259. The molecule has 1 fully saturated rings. The maximum absolute atomic E-state index is 11.6. The van der Waals surface area contributed by atoms with Crippen LogP contribution in [0.3, 0.4) is 0 Å². The van der Waals surface area contributed by atoms with Crippen LogP contribution in [0.2, 0.25) is 0 Å². The molecule has 1 N–H and O–H groups in total. The van der Waals surface area contributed by atoms with Crippen LogP contribution in [-0.4, -0.2) is 34.9 Å². The minimum Gasteiger partial charge on any atom is -0.481 e. The van der Waals surface area contributed by atoms with E-state index in [4.69, 9.17) is 11.6 Å². The van der Waals surface area contributed by atoms with Gasteiger partial charge in [0.2, 0.25) is 0 Å². The second-order valence-corrected chi connectivity index (χ2v) is 6.02. The molecule has 1 aliphatic heterocycles. The van der Waals surface area contributed by atoms with Crippen molar-refractivity contribution in [2.45, 2.75) is 32.2 Å². The molecule has 1 atom stereocenters. The Labute approximate surface area is 125 Å². The fourth-order valence-electron chi connectivity index (χ4n) is 3.00.